The van der Waals surface area contributed by atoms with E-state index in [1.54, 1.807) is 13.0 Å². The fraction of sp³-hybridized carbons (Fsp3) is 0.889. The first-order valence-electron chi connectivity index (χ1n) is 5.16. The van der Waals surface area contributed by atoms with E-state index in [0.29, 0.717) is 0 Å². The normalized spacial score (nSPS) is 20.0. The number of hydrogen-bond acceptors (Lipinski definition) is 4. The molecule has 86 valence electrons. The minimum absolute atomic E-state index is 0.0315. The van der Waals surface area contributed by atoms with E-state index in [4.69, 9.17) is 10.1 Å². The van der Waals surface area contributed by atoms with Gasteiger partial charge in [-0.15, -0.1) is 0 Å². The molecule has 1 aliphatic carbocycles. The molecule has 1 aliphatic rings. The summed E-state index contributed by atoms with van der Waals surface area (Å²) < 4.78 is 23.0. The second-order valence-corrected chi connectivity index (χ2v) is 5.50. The van der Waals surface area contributed by atoms with Crippen LogP contribution in [0.4, 0.5) is 0 Å². The van der Waals surface area contributed by atoms with Gasteiger partial charge in [0.25, 0.3) is 0 Å². The number of nitriles is 1. The van der Waals surface area contributed by atoms with Crippen molar-refractivity contribution in [2.45, 2.75) is 50.4 Å². The Morgan fingerprint density at radius 1 is 1.53 bits per heavy atom. The molecule has 0 aliphatic heterocycles. The van der Waals surface area contributed by atoms with Crippen LogP contribution >= 0.6 is 0 Å². The van der Waals surface area contributed by atoms with Gasteiger partial charge in [0.1, 0.15) is 0 Å². The second-order valence-electron chi connectivity index (χ2n) is 3.68. The molecule has 15 heavy (non-hydrogen) atoms. The van der Waals surface area contributed by atoms with Crippen molar-refractivity contribution < 1.29 is 13.3 Å². The lowest BCUT2D eigenvalue weighted by Crippen LogP contribution is -2.35. The Morgan fingerprint density at radius 3 is 2.60 bits per heavy atom. The molecule has 1 saturated carbocycles. The van der Waals surface area contributed by atoms with Gasteiger partial charge in [-0.25, -0.2) is 8.42 Å². The summed E-state index contributed by atoms with van der Waals surface area (Å²) in [5.74, 6) is 0. The topological polar surface area (TPSA) is 79.2 Å². The van der Waals surface area contributed by atoms with E-state index in [9.17, 15) is 8.42 Å². The monoisotopic (exact) mass is 232 g/mol. The van der Waals surface area contributed by atoms with Crippen LogP contribution in [-0.4, -0.2) is 19.8 Å². The summed E-state index contributed by atoms with van der Waals surface area (Å²) in [6.07, 6.45) is 4.14. The summed E-state index contributed by atoms with van der Waals surface area (Å²) in [4.78, 5) is 7.12. The zero-order valence-electron chi connectivity index (χ0n) is 8.77. The molecular formula is C9H16N2O3S. The molecule has 0 saturated heterocycles. The van der Waals surface area contributed by atoms with Gasteiger partial charge in [-0.1, -0.05) is 24.7 Å². The van der Waals surface area contributed by atoms with Crippen molar-refractivity contribution in [2.75, 3.05) is 0 Å². The third kappa shape index (κ3) is 3.45. The fourth-order valence-electron chi connectivity index (χ4n) is 1.58. The van der Waals surface area contributed by atoms with Crippen molar-refractivity contribution in [3.05, 3.63) is 0 Å². The van der Waals surface area contributed by atoms with Crippen LogP contribution in [0.2, 0.25) is 0 Å². The highest BCUT2D eigenvalue weighted by atomic mass is 32.2. The maximum Gasteiger partial charge on any atom is 0.249 e. The van der Waals surface area contributed by atoms with E-state index in [0.717, 1.165) is 25.7 Å². The van der Waals surface area contributed by atoms with Gasteiger partial charge in [0.2, 0.25) is 10.0 Å². The van der Waals surface area contributed by atoms with Gasteiger partial charge in [0.05, 0.1) is 12.2 Å². The SMILES string of the molecule is CCC(C#N)S(=O)(=O)NOC1CCCC1. The summed E-state index contributed by atoms with van der Waals surface area (Å²) >= 11 is 0. The lowest BCUT2D eigenvalue weighted by Gasteiger charge is -2.13. The van der Waals surface area contributed by atoms with Crippen LogP contribution in [0.1, 0.15) is 39.0 Å². The van der Waals surface area contributed by atoms with E-state index < -0.39 is 15.3 Å². The molecule has 0 spiro atoms. The average Bonchev–Trinajstić information content (AvgIpc) is 2.69. The van der Waals surface area contributed by atoms with Crippen molar-refractivity contribution in [3.63, 3.8) is 0 Å². The molecule has 0 aromatic rings. The first kappa shape index (κ1) is 12.4. The molecule has 0 amide bonds. The van der Waals surface area contributed by atoms with Crippen LogP contribution in [0.15, 0.2) is 0 Å². The summed E-state index contributed by atoms with van der Waals surface area (Å²) in [5.41, 5.74) is 0. The molecule has 0 bridgehead atoms. The third-order valence-corrected chi connectivity index (χ3v) is 4.04. The van der Waals surface area contributed by atoms with Crippen molar-refractivity contribution in [3.8, 4) is 6.07 Å². The quantitative estimate of drug-likeness (QED) is 0.719. The number of rotatable bonds is 5. The van der Waals surface area contributed by atoms with Gasteiger partial charge >= 0.3 is 0 Å². The molecule has 0 aromatic heterocycles. The van der Waals surface area contributed by atoms with Crippen LogP contribution in [0.5, 0.6) is 0 Å². The minimum Gasteiger partial charge on any atom is -0.284 e. The van der Waals surface area contributed by atoms with Crippen molar-refractivity contribution in [1.29, 1.82) is 5.26 Å². The first-order chi connectivity index (χ1) is 7.10. The molecule has 0 aromatic carbocycles. The fourth-order valence-corrected chi connectivity index (χ4v) is 2.54. The maximum atomic E-state index is 11.5. The summed E-state index contributed by atoms with van der Waals surface area (Å²) in [5, 5.41) is 7.60. The predicted octanol–water partition coefficient (Wildman–Crippen LogP) is 1.08. The van der Waals surface area contributed by atoms with E-state index >= 15 is 0 Å². The van der Waals surface area contributed by atoms with Gasteiger partial charge < -0.3 is 0 Å². The zero-order chi connectivity index (χ0) is 11.3. The number of hydrogen-bond donors (Lipinski definition) is 1. The standard InChI is InChI=1S/C9H16N2O3S/c1-2-9(7-10)15(12,13)11-14-8-5-3-4-6-8/h8-9,11H,2-6H2,1H3. The van der Waals surface area contributed by atoms with Crippen LogP contribution in [0.3, 0.4) is 0 Å². The van der Waals surface area contributed by atoms with Crippen molar-refractivity contribution >= 4 is 10.0 Å². The van der Waals surface area contributed by atoms with Gasteiger partial charge in [-0.3, -0.25) is 4.84 Å². The number of sulfonamides is 1. The molecular weight excluding hydrogens is 216 g/mol. The van der Waals surface area contributed by atoms with Gasteiger partial charge in [-0.2, -0.15) is 5.26 Å². The molecule has 1 unspecified atom stereocenters. The Balaban J connectivity index is 2.45. The van der Waals surface area contributed by atoms with Crippen LogP contribution in [0, 0.1) is 11.3 Å². The van der Waals surface area contributed by atoms with Gasteiger partial charge in [-0.05, 0) is 19.3 Å². The van der Waals surface area contributed by atoms with Crippen LogP contribution < -0.4 is 4.89 Å². The predicted molar refractivity (Wildman–Crippen MR) is 55.1 cm³/mol. The van der Waals surface area contributed by atoms with Gasteiger partial charge in [0, 0.05) is 0 Å². The highest BCUT2D eigenvalue weighted by molar-refractivity contribution is 7.90. The molecule has 0 heterocycles. The zero-order valence-corrected chi connectivity index (χ0v) is 9.59. The molecule has 6 heteroatoms. The summed E-state index contributed by atoms with van der Waals surface area (Å²) in [6.45, 7) is 1.66. The Labute approximate surface area is 90.4 Å². The lowest BCUT2D eigenvalue weighted by atomic mass is 10.3. The van der Waals surface area contributed by atoms with Crippen LogP contribution in [0.25, 0.3) is 0 Å². The third-order valence-electron chi connectivity index (χ3n) is 2.52. The Hall–Kier alpha value is -0.640. The summed E-state index contributed by atoms with van der Waals surface area (Å²) in [7, 11) is -3.64. The van der Waals surface area contributed by atoms with Crippen molar-refractivity contribution in [1.82, 2.24) is 4.89 Å². The average molecular weight is 232 g/mol. The summed E-state index contributed by atoms with van der Waals surface area (Å²) in [6, 6.07) is 1.74. The Kier molecular flexibility index (Phi) is 4.51. The second kappa shape index (κ2) is 5.45. The van der Waals surface area contributed by atoms with E-state index in [2.05, 4.69) is 4.89 Å². The molecule has 1 N–H and O–H groups in total. The molecule has 0 radical (unpaired) electrons. The maximum absolute atomic E-state index is 11.5. The highest BCUT2D eigenvalue weighted by Gasteiger charge is 2.25. The van der Waals surface area contributed by atoms with Crippen molar-refractivity contribution in [2.24, 2.45) is 0 Å². The number of nitrogens with one attached hydrogen (secondary N) is 1. The van der Waals surface area contributed by atoms with E-state index in [1.807, 2.05) is 0 Å². The number of nitrogens with zero attached hydrogens (tertiary/aromatic N) is 1. The molecule has 1 atom stereocenters. The minimum atomic E-state index is -3.64. The largest absolute Gasteiger partial charge is 0.284 e. The van der Waals surface area contributed by atoms with E-state index in [-0.39, 0.29) is 12.5 Å². The van der Waals surface area contributed by atoms with Crippen LogP contribution in [-0.2, 0) is 14.9 Å². The lowest BCUT2D eigenvalue weighted by molar-refractivity contribution is 0.0220. The first-order valence-corrected chi connectivity index (χ1v) is 6.70. The highest BCUT2D eigenvalue weighted by Crippen LogP contribution is 2.20. The Bertz CT molecular complexity index is 328. The van der Waals surface area contributed by atoms with Gasteiger partial charge in [0.15, 0.2) is 5.25 Å². The Morgan fingerprint density at radius 2 is 2.13 bits per heavy atom. The molecule has 1 rings (SSSR count). The molecule has 1 fully saturated rings. The smallest absolute Gasteiger partial charge is 0.249 e. The molecule has 5 nitrogen and oxygen atoms in total. The van der Waals surface area contributed by atoms with E-state index in [1.165, 1.54) is 0 Å².